The number of fused-ring (bicyclic) bond motifs is 2. The van der Waals surface area contributed by atoms with Crippen LogP contribution in [0.25, 0.3) is 0 Å². The highest BCUT2D eigenvalue weighted by Gasteiger charge is 2.75. The van der Waals surface area contributed by atoms with Crippen LogP contribution in [0, 0.1) is 17.8 Å². The van der Waals surface area contributed by atoms with Crippen LogP contribution in [0.4, 0.5) is 0 Å². The van der Waals surface area contributed by atoms with Gasteiger partial charge in [-0.25, -0.2) is 0 Å². The van der Waals surface area contributed by atoms with Gasteiger partial charge in [-0.05, 0) is 18.8 Å². The number of amides is 3. The lowest BCUT2D eigenvalue weighted by atomic mass is 9.73. The van der Waals surface area contributed by atoms with Gasteiger partial charge < -0.3 is 24.5 Å². The first-order valence-electron chi connectivity index (χ1n) is 13.2. The number of hydrogen-bond acceptors (Lipinski definition) is 5. The smallest absolute Gasteiger partial charge is 0.249 e. The second-order valence-corrected chi connectivity index (χ2v) is 10.7. The van der Waals surface area contributed by atoms with Crippen molar-refractivity contribution in [2.75, 3.05) is 33.3 Å². The second-order valence-electron chi connectivity index (χ2n) is 10.7. The minimum atomic E-state index is -1.26. The standard InChI is InChI=1S/C27H41N3O5/c1-6-9-15-29-16-11-13-27-21(20-23(32)28(5)14-10-12-26(20,8-3)35-27)24(33)30(22(27)25(29)34)19(17-31)18(4)7-2/h10-13,18-22,31H,6-9,14-17H2,1-5H3/t18-,19-,20+,21-,22?,26-,27-/m0/s1. The van der Waals surface area contributed by atoms with Gasteiger partial charge in [-0.1, -0.05) is 64.8 Å². The van der Waals surface area contributed by atoms with Crippen molar-refractivity contribution in [3.63, 3.8) is 0 Å². The van der Waals surface area contributed by atoms with Gasteiger partial charge in [-0.15, -0.1) is 0 Å². The van der Waals surface area contributed by atoms with Crippen molar-refractivity contribution in [3.8, 4) is 0 Å². The number of carbonyl (C=O) groups excluding carboxylic acids is 3. The molecule has 1 unspecified atom stereocenters. The molecule has 0 aliphatic carbocycles. The minimum Gasteiger partial charge on any atom is -0.394 e. The molecule has 0 aromatic rings. The molecule has 0 bridgehead atoms. The van der Waals surface area contributed by atoms with Crippen LogP contribution in [-0.4, -0.2) is 94.1 Å². The van der Waals surface area contributed by atoms with Crippen LogP contribution >= 0.6 is 0 Å². The first-order chi connectivity index (χ1) is 16.7. The maximum Gasteiger partial charge on any atom is 0.249 e. The van der Waals surface area contributed by atoms with Gasteiger partial charge in [-0.2, -0.15) is 0 Å². The summed E-state index contributed by atoms with van der Waals surface area (Å²) in [5.74, 6) is -2.13. The average molecular weight is 488 g/mol. The fourth-order valence-corrected chi connectivity index (χ4v) is 6.59. The molecule has 4 aliphatic heterocycles. The molecule has 4 rings (SSSR count). The zero-order valence-electron chi connectivity index (χ0n) is 21.8. The Hall–Kier alpha value is -2.19. The third-order valence-corrected chi connectivity index (χ3v) is 8.79. The third kappa shape index (κ3) is 3.75. The van der Waals surface area contributed by atoms with Gasteiger partial charge in [0.2, 0.25) is 17.7 Å². The van der Waals surface area contributed by atoms with Gasteiger partial charge in [0.15, 0.2) is 0 Å². The first kappa shape index (κ1) is 25.9. The molecule has 2 saturated heterocycles. The Balaban J connectivity index is 1.91. The van der Waals surface area contributed by atoms with E-state index in [4.69, 9.17) is 4.74 Å². The number of aliphatic hydroxyl groups excluding tert-OH is 1. The van der Waals surface area contributed by atoms with Crippen molar-refractivity contribution in [1.82, 2.24) is 14.7 Å². The fourth-order valence-electron chi connectivity index (χ4n) is 6.59. The molecular weight excluding hydrogens is 446 g/mol. The van der Waals surface area contributed by atoms with Crippen LogP contribution < -0.4 is 0 Å². The molecule has 0 aromatic heterocycles. The largest absolute Gasteiger partial charge is 0.394 e. The van der Waals surface area contributed by atoms with Crippen molar-refractivity contribution >= 4 is 17.7 Å². The lowest BCUT2D eigenvalue weighted by Crippen LogP contribution is -2.60. The summed E-state index contributed by atoms with van der Waals surface area (Å²) in [5, 5.41) is 10.4. The highest BCUT2D eigenvalue weighted by molar-refractivity contribution is 6.00. The molecule has 0 aromatic carbocycles. The molecule has 8 nitrogen and oxygen atoms in total. The Kier molecular flexibility index (Phi) is 7.17. The van der Waals surface area contributed by atoms with Crippen LogP contribution in [-0.2, 0) is 19.1 Å². The predicted molar refractivity (Wildman–Crippen MR) is 132 cm³/mol. The average Bonchev–Trinajstić information content (AvgIpc) is 3.15. The number of unbranched alkanes of at least 4 members (excludes halogenated alkanes) is 1. The van der Waals surface area contributed by atoms with Crippen LogP contribution in [0.5, 0.6) is 0 Å². The molecule has 0 radical (unpaired) electrons. The van der Waals surface area contributed by atoms with E-state index in [0.29, 0.717) is 26.1 Å². The summed E-state index contributed by atoms with van der Waals surface area (Å²) < 4.78 is 6.92. The van der Waals surface area contributed by atoms with E-state index in [2.05, 4.69) is 6.92 Å². The Morgan fingerprint density at radius 3 is 2.40 bits per heavy atom. The van der Waals surface area contributed by atoms with Crippen molar-refractivity contribution in [2.45, 2.75) is 76.7 Å². The van der Waals surface area contributed by atoms with E-state index >= 15 is 0 Å². The normalized spacial score (nSPS) is 36.1. The van der Waals surface area contributed by atoms with Gasteiger partial charge in [-0.3, -0.25) is 14.4 Å². The van der Waals surface area contributed by atoms with Gasteiger partial charge >= 0.3 is 0 Å². The van der Waals surface area contributed by atoms with Gasteiger partial charge in [0.05, 0.1) is 30.1 Å². The number of rotatable bonds is 8. The summed E-state index contributed by atoms with van der Waals surface area (Å²) in [7, 11) is 1.74. The minimum absolute atomic E-state index is 0.0210. The molecule has 35 heavy (non-hydrogen) atoms. The number of aliphatic hydroxyl groups is 1. The molecule has 8 heteroatoms. The number of nitrogens with zero attached hydrogens (tertiary/aromatic N) is 3. The Morgan fingerprint density at radius 1 is 1.06 bits per heavy atom. The van der Waals surface area contributed by atoms with Crippen LogP contribution in [0.2, 0.25) is 0 Å². The van der Waals surface area contributed by atoms with E-state index in [0.717, 1.165) is 19.3 Å². The van der Waals surface area contributed by atoms with Crippen molar-refractivity contribution in [3.05, 3.63) is 24.3 Å². The summed E-state index contributed by atoms with van der Waals surface area (Å²) >= 11 is 0. The number of ether oxygens (including phenoxy) is 1. The molecular formula is C27H41N3O5. The highest BCUT2D eigenvalue weighted by atomic mass is 16.5. The SMILES string of the molecule is CCCCN1CC=C[C@]23O[C@@]4(CC)C=CCN(C)C(=O)[C@H]4[C@H]2C(=O)N([C@@H](CO)[C@@H](C)CC)C3C1=O. The number of likely N-dealkylation sites (tertiary alicyclic amines) is 1. The number of likely N-dealkylation sites (N-methyl/N-ethyl adjacent to an activating group) is 1. The van der Waals surface area contributed by atoms with Crippen LogP contribution in [0.3, 0.4) is 0 Å². The zero-order chi connectivity index (χ0) is 25.5. The Morgan fingerprint density at radius 2 is 1.77 bits per heavy atom. The predicted octanol–water partition coefficient (Wildman–Crippen LogP) is 1.98. The molecule has 1 spiro atoms. The zero-order valence-corrected chi connectivity index (χ0v) is 21.8. The van der Waals surface area contributed by atoms with E-state index in [1.54, 1.807) is 21.7 Å². The highest BCUT2D eigenvalue weighted by Crippen LogP contribution is 2.59. The van der Waals surface area contributed by atoms with Crippen molar-refractivity contribution in [2.24, 2.45) is 17.8 Å². The monoisotopic (exact) mass is 487 g/mol. The molecule has 4 aliphatic rings. The summed E-state index contributed by atoms with van der Waals surface area (Å²) in [5.41, 5.74) is -2.21. The molecule has 7 atom stereocenters. The second kappa shape index (κ2) is 9.69. The topological polar surface area (TPSA) is 90.4 Å². The Bertz CT molecular complexity index is 918. The molecule has 194 valence electrons. The van der Waals surface area contributed by atoms with E-state index in [1.807, 2.05) is 45.1 Å². The summed E-state index contributed by atoms with van der Waals surface area (Å²) in [4.78, 5) is 47.3. The summed E-state index contributed by atoms with van der Waals surface area (Å²) in [6.07, 6.45) is 10.8. The number of carbonyl (C=O) groups is 3. The molecule has 1 N–H and O–H groups in total. The summed E-state index contributed by atoms with van der Waals surface area (Å²) in [6.45, 7) is 9.29. The number of hydrogen-bond donors (Lipinski definition) is 1. The molecule has 4 heterocycles. The van der Waals surface area contributed by atoms with E-state index in [-0.39, 0.29) is 30.2 Å². The van der Waals surface area contributed by atoms with E-state index in [1.165, 1.54) is 0 Å². The Labute approximate surface area is 208 Å². The van der Waals surface area contributed by atoms with E-state index in [9.17, 15) is 19.5 Å². The fraction of sp³-hybridized carbons (Fsp3) is 0.741. The molecule has 3 amide bonds. The lowest BCUT2D eigenvalue weighted by Gasteiger charge is -2.42. The lowest BCUT2D eigenvalue weighted by molar-refractivity contribution is -0.158. The molecule has 2 fully saturated rings. The third-order valence-electron chi connectivity index (χ3n) is 8.79. The summed E-state index contributed by atoms with van der Waals surface area (Å²) in [6, 6.07) is -1.44. The van der Waals surface area contributed by atoms with Gasteiger partial charge in [0, 0.05) is 26.7 Å². The van der Waals surface area contributed by atoms with Crippen molar-refractivity contribution in [1.29, 1.82) is 0 Å². The van der Waals surface area contributed by atoms with E-state index < -0.39 is 35.1 Å². The van der Waals surface area contributed by atoms with Crippen LogP contribution in [0.15, 0.2) is 24.3 Å². The molecule has 0 saturated carbocycles. The quantitative estimate of drug-likeness (QED) is 0.529. The van der Waals surface area contributed by atoms with Crippen LogP contribution in [0.1, 0.15) is 53.4 Å². The first-order valence-corrected chi connectivity index (χ1v) is 13.2. The maximum atomic E-state index is 14.4. The maximum absolute atomic E-state index is 14.4. The van der Waals surface area contributed by atoms with Crippen molar-refractivity contribution < 1.29 is 24.2 Å². The van der Waals surface area contributed by atoms with Gasteiger partial charge in [0.25, 0.3) is 0 Å². The van der Waals surface area contributed by atoms with Gasteiger partial charge in [0.1, 0.15) is 11.6 Å².